The molecule has 3 aromatic rings. The Labute approximate surface area is 183 Å². The summed E-state index contributed by atoms with van der Waals surface area (Å²) in [7, 11) is 2.06. The van der Waals surface area contributed by atoms with Gasteiger partial charge in [-0.3, -0.25) is 4.79 Å². The number of carboxylic acids is 1. The summed E-state index contributed by atoms with van der Waals surface area (Å²) >= 11 is 0. The van der Waals surface area contributed by atoms with Gasteiger partial charge in [-0.25, -0.2) is 0 Å². The van der Waals surface area contributed by atoms with Crippen LogP contribution in [0.2, 0.25) is 0 Å². The largest absolute Gasteiger partial charge is 0.481 e. The lowest BCUT2D eigenvalue weighted by molar-refractivity contribution is -0.140. The second-order valence-electron chi connectivity index (χ2n) is 8.34. The van der Waals surface area contributed by atoms with Gasteiger partial charge in [0.25, 0.3) is 0 Å². The Hall–Kier alpha value is -3.34. The first-order valence-corrected chi connectivity index (χ1v) is 10.7. The van der Waals surface area contributed by atoms with E-state index >= 15 is 0 Å². The molecule has 0 aliphatic heterocycles. The van der Waals surface area contributed by atoms with Crippen molar-refractivity contribution >= 4 is 11.7 Å². The zero-order chi connectivity index (χ0) is 22.0. The van der Waals surface area contributed by atoms with Crippen molar-refractivity contribution in [2.24, 2.45) is 0 Å². The number of aromatic nitrogens is 1. The first-order valence-electron chi connectivity index (χ1n) is 10.7. The van der Waals surface area contributed by atoms with Crippen LogP contribution in [0.3, 0.4) is 0 Å². The summed E-state index contributed by atoms with van der Waals surface area (Å²) in [4.78, 5) is 13.7. The zero-order valence-electron chi connectivity index (χ0n) is 18.1. The summed E-state index contributed by atoms with van der Waals surface area (Å²) in [6.07, 6.45) is 5.38. The third-order valence-electron chi connectivity index (χ3n) is 6.19. The van der Waals surface area contributed by atoms with Crippen LogP contribution in [0, 0.1) is 6.92 Å². The maximum absolute atomic E-state index is 11.5. The molecule has 0 unspecified atom stereocenters. The smallest absolute Gasteiger partial charge is 0.314 e. The topological polar surface area (TPSA) is 66.6 Å². The molecule has 5 heteroatoms. The Balaban J connectivity index is 1.54. The molecule has 0 bridgehead atoms. The lowest BCUT2D eigenvalue weighted by Crippen LogP contribution is -2.19. The van der Waals surface area contributed by atoms with Gasteiger partial charge >= 0.3 is 5.97 Å². The average molecular weight is 417 g/mol. The van der Waals surface area contributed by atoms with Crippen LogP contribution in [-0.4, -0.2) is 29.8 Å². The third kappa shape index (κ3) is 4.00. The fraction of sp³-hybridized carbons (Fsp3) is 0.308. The number of rotatable bonds is 9. The van der Waals surface area contributed by atoms with E-state index in [9.17, 15) is 9.90 Å². The van der Waals surface area contributed by atoms with Gasteiger partial charge in [-0.1, -0.05) is 59.8 Å². The standard InChI is InChI=1S/C26H28N2O3/c1-4-5-6-17-28(3)23-18(2)27-31-24(23)21-9-7-19(8-10-21)20-11-13-22(14-12-20)26(15-16-26)25(29)30/h4,7-14H,1,5-6,15-17H2,2-3H3,(H,29,30). The quantitative estimate of drug-likeness (QED) is 0.351. The molecule has 160 valence electrons. The van der Waals surface area contributed by atoms with Gasteiger partial charge in [-0.15, -0.1) is 6.58 Å². The molecule has 1 fully saturated rings. The highest BCUT2D eigenvalue weighted by Gasteiger charge is 2.51. The van der Waals surface area contributed by atoms with Gasteiger partial charge < -0.3 is 14.5 Å². The SMILES string of the molecule is C=CCCCN(C)c1c(C)noc1-c1ccc(-c2ccc(C3(C(=O)O)CC3)cc2)cc1. The maximum atomic E-state index is 11.5. The second kappa shape index (κ2) is 8.42. The summed E-state index contributed by atoms with van der Waals surface area (Å²) in [6.45, 7) is 6.66. The maximum Gasteiger partial charge on any atom is 0.314 e. The third-order valence-corrected chi connectivity index (χ3v) is 6.19. The molecule has 1 aliphatic carbocycles. The highest BCUT2D eigenvalue weighted by molar-refractivity contribution is 5.85. The van der Waals surface area contributed by atoms with Crippen molar-refractivity contribution in [2.75, 3.05) is 18.5 Å². The minimum Gasteiger partial charge on any atom is -0.481 e. The molecule has 5 nitrogen and oxygen atoms in total. The van der Waals surface area contributed by atoms with Gasteiger partial charge in [0.05, 0.1) is 5.41 Å². The predicted molar refractivity (Wildman–Crippen MR) is 123 cm³/mol. The van der Waals surface area contributed by atoms with Crippen molar-refractivity contribution in [3.8, 4) is 22.5 Å². The molecule has 0 saturated heterocycles. The van der Waals surface area contributed by atoms with Crippen LogP contribution in [0.1, 0.15) is 36.9 Å². The van der Waals surface area contributed by atoms with E-state index in [-0.39, 0.29) is 0 Å². The van der Waals surface area contributed by atoms with E-state index in [4.69, 9.17) is 4.52 Å². The molecule has 2 aromatic carbocycles. The summed E-state index contributed by atoms with van der Waals surface area (Å²) in [5.74, 6) is 0.0508. The van der Waals surface area contributed by atoms with Crippen LogP contribution in [0.4, 0.5) is 5.69 Å². The van der Waals surface area contributed by atoms with Crippen LogP contribution >= 0.6 is 0 Å². The number of unbranched alkanes of at least 4 members (excludes halogenated alkanes) is 1. The van der Waals surface area contributed by atoms with Crippen molar-refractivity contribution in [3.05, 3.63) is 72.4 Å². The first kappa shape index (κ1) is 20.9. The Morgan fingerprint density at radius 1 is 1.13 bits per heavy atom. The van der Waals surface area contributed by atoms with Crippen LogP contribution in [-0.2, 0) is 10.2 Å². The number of hydrogen-bond acceptors (Lipinski definition) is 4. The summed E-state index contributed by atoms with van der Waals surface area (Å²) in [5.41, 5.74) is 5.24. The van der Waals surface area contributed by atoms with Crippen molar-refractivity contribution < 1.29 is 14.4 Å². The molecule has 1 aromatic heterocycles. The van der Waals surface area contributed by atoms with Crippen molar-refractivity contribution in [1.82, 2.24) is 5.16 Å². The molecule has 0 spiro atoms. The lowest BCUT2D eigenvalue weighted by Gasteiger charge is -2.19. The normalized spacial score (nSPS) is 14.3. The number of hydrogen-bond donors (Lipinski definition) is 1. The van der Waals surface area contributed by atoms with E-state index in [2.05, 4.69) is 35.8 Å². The zero-order valence-corrected chi connectivity index (χ0v) is 18.1. The minimum atomic E-state index is -0.725. The van der Waals surface area contributed by atoms with Crippen molar-refractivity contribution in [2.45, 2.75) is 38.0 Å². The van der Waals surface area contributed by atoms with Crippen LogP contribution in [0.5, 0.6) is 0 Å². The first-order chi connectivity index (χ1) is 15.0. The van der Waals surface area contributed by atoms with Crippen molar-refractivity contribution in [3.63, 3.8) is 0 Å². The summed E-state index contributed by atoms with van der Waals surface area (Å²) in [5, 5.41) is 13.7. The van der Waals surface area contributed by atoms with Gasteiger partial charge in [-0.2, -0.15) is 0 Å². The fourth-order valence-corrected chi connectivity index (χ4v) is 4.14. The molecular formula is C26H28N2O3. The molecule has 1 saturated carbocycles. The van der Waals surface area contributed by atoms with Crippen LogP contribution in [0.25, 0.3) is 22.5 Å². The molecule has 4 rings (SSSR count). The van der Waals surface area contributed by atoms with E-state index < -0.39 is 11.4 Å². The number of carbonyl (C=O) groups is 1. The summed E-state index contributed by atoms with van der Waals surface area (Å²) in [6, 6.07) is 16.1. The van der Waals surface area contributed by atoms with Crippen LogP contribution < -0.4 is 4.90 Å². The van der Waals surface area contributed by atoms with E-state index in [1.807, 2.05) is 49.4 Å². The number of benzene rings is 2. The Morgan fingerprint density at radius 2 is 1.71 bits per heavy atom. The number of anilines is 1. The minimum absolute atomic E-state index is 0.666. The lowest BCUT2D eigenvalue weighted by atomic mass is 9.93. The van der Waals surface area contributed by atoms with Gasteiger partial charge in [0.15, 0.2) is 5.76 Å². The molecule has 1 aliphatic rings. The molecule has 31 heavy (non-hydrogen) atoms. The van der Waals surface area contributed by atoms with Crippen LogP contribution in [0.15, 0.2) is 65.7 Å². The Morgan fingerprint density at radius 3 is 2.26 bits per heavy atom. The predicted octanol–water partition coefficient (Wildman–Crippen LogP) is 5.84. The Bertz CT molecular complexity index is 1080. The van der Waals surface area contributed by atoms with Gasteiger partial charge in [0.2, 0.25) is 0 Å². The van der Waals surface area contributed by atoms with E-state index in [0.29, 0.717) is 0 Å². The Kier molecular flexibility index (Phi) is 5.68. The van der Waals surface area contributed by atoms with Crippen molar-refractivity contribution in [1.29, 1.82) is 0 Å². The number of allylic oxidation sites excluding steroid dienone is 1. The average Bonchev–Trinajstić information content (AvgIpc) is 3.51. The van der Waals surface area contributed by atoms with Gasteiger partial charge in [0.1, 0.15) is 11.4 Å². The number of aliphatic carboxylic acids is 1. The molecule has 0 radical (unpaired) electrons. The van der Waals surface area contributed by atoms with E-state index in [1.165, 1.54) is 0 Å². The second-order valence-corrected chi connectivity index (χ2v) is 8.34. The van der Waals surface area contributed by atoms with E-state index in [1.54, 1.807) is 0 Å². The highest BCUT2D eigenvalue weighted by atomic mass is 16.5. The molecule has 0 amide bonds. The van der Waals surface area contributed by atoms with E-state index in [0.717, 1.165) is 71.6 Å². The number of carboxylic acid groups (broad SMARTS) is 1. The number of nitrogens with zero attached hydrogens (tertiary/aromatic N) is 2. The molecule has 0 atom stereocenters. The number of aryl methyl sites for hydroxylation is 1. The molecular weight excluding hydrogens is 388 g/mol. The molecule has 1 N–H and O–H groups in total. The molecule has 1 heterocycles. The highest BCUT2D eigenvalue weighted by Crippen LogP contribution is 2.48. The monoisotopic (exact) mass is 416 g/mol. The fourth-order valence-electron chi connectivity index (χ4n) is 4.14. The van der Waals surface area contributed by atoms with Gasteiger partial charge in [0, 0.05) is 19.2 Å². The summed E-state index contributed by atoms with van der Waals surface area (Å²) < 4.78 is 5.67. The van der Waals surface area contributed by atoms with Gasteiger partial charge in [-0.05, 0) is 49.3 Å².